The fourth-order valence-electron chi connectivity index (χ4n) is 3.20. The summed E-state index contributed by atoms with van der Waals surface area (Å²) >= 11 is 3.69. The van der Waals surface area contributed by atoms with E-state index >= 15 is 0 Å². The largest absolute Gasteiger partial charge is 0.345 e. The summed E-state index contributed by atoms with van der Waals surface area (Å²) in [4.78, 5) is 20.9. The molecule has 0 aromatic carbocycles. The van der Waals surface area contributed by atoms with Gasteiger partial charge < -0.3 is 15.1 Å². The van der Waals surface area contributed by atoms with Crippen LogP contribution >= 0.6 is 23.1 Å². The van der Waals surface area contributed by atoms with Crippen molar-refractivity contribution in [1.82, 2.24) is 15.2 Å². The Morgan fingerprint density at radius 1 is 1.41 bits per heavy atom. The van der Waals surface area contributed by atoms with Crippen LogP contribution < -0.4 is 10.2 Å². The first kappa shape index (κ1) is 15.9. The molecule has 2 atom stereocenters. The van der Waals surface area contributed by atoms with Gasteiger partial charge in [-0.3, -0.25) is 0 Å². The van der Waals surface area contributed by atoms with E-state index in [0.717, 1.165) is 49.4 Å². The minimum absolute atomic E-state index is 0.117. The number of thiazole rings is 1. The highest BCUT2D eigenvalue weighted by atomic mass is 32.2. The van der Waals surface area contributed by atoms with Crippen LogP contribution in [-0.4, -0.2) is 59.1 Å². The lowest BCUT2D eigenvalue weighted by Crippen LogP contribution is -2.53. The van der Waals surface area contributed by atoms with Crippen molar-refractivity contribution in [2.75, 3.05) is 36.8 Å². The Morgan fingerprint density at radius 3 is 2.91 bits per heavy atom. The summed E-state index contributed by atoms with van der Waals surface area (Å²) in [5.41, 5.74) is 0. The molecule has 1 N–H and O–H groups in total. The second-order valence-corrected chi connectivity index (χ2v) is 8.28. The molecule has 22 heavy (non-hydrogen) atoms. The molecular formula is C15H24N4OS2. The average Bonchev–Trinajstić information content (AvgIpc) is 3.20. The van der Waals surface area contributed by atoms with E-state index in [1.165, 1.54) is 12.2 Å². The molecule has 2 fully saturated rings. The Bertz CT molecular complexity index is 474. The number of carbonyl (C=O) groups excluding carboxylic acids is 1. The summed E-state index contributed by atoms with van der Waals surface area (Å²) in [5, 5.41) is 7.03. The molecule has 0 spiro atoms. The van der Waals surface area contributed by atoms with Crippen molar-refractivity contribution in [3.05, 3.63) is 11.6 Å². The SMILES string of the molecule is CCSC1CCC(NC(=O)N2CCN(c3nccs3)CC2)C1. The molecule has 0 bridgehead atoms. The van der Waals surface area contributed by atoms with Gasteiger partial charge in [-0.15, -0.1) is 11.3 Å². The van der Waals surface area contributed by atoms with Gasteiger partial charge in [-0.2, -0.15) is 11.8 Å². The van der Waals surface area contributed by atoms with Crippen LogP contribution in [-0.2, 0) is 0 Å². The van der Waals surface area contributed by atoms with Crippen molar-refractivity contribution in [3.63, 3.8) is 0 Å². The number of hydrogen-bond acceptors (Lipinski definition) is 5. The van der Waals surface area contributed by atoms with E-state index in [1.807, 2.05) is 28.2 Å². The topological polar surface area (TPSA) is 48.5 Å². The van der Waals surface area contributed by atoms with Crippen molar-refractivity contribution in [2.24, 2.45) is 0 Å². The van der Waals surface area contributed by atoms with Gasteiger partial charge in [0.25, 0.3) is 0 Å². The normalized spacial score (nSPS) is 25.5. The van der Waals surface area contributed by atoms with Crippen LogP contribution in [0.3, 0.4) is 0 Å². The van der Waals surface area contributed by atoms with Crippen LogP contribution in [0.5, 0.6) is 0 Å². The van der Waals surface area contributed by atoms with E-state index in [2.05, 4.69) is 22.1 Å². The third kappa shape index (κ3) is 3.87. The molecule has 7 heteroatoms. The first-order chi connectivity index (χ1) is 10.8. The molecule has 1 saturated heterocycles. The number of amides is 2. The monoisotopic (exact) mass is 340 g/mol. The zero-order valence-electron chi connectivity index (χ0n) is 13.0. The van der Waals surface area contributed by atoms with Crippen molar-refractivity contribution in [1.29, 1.82) is 0 Å². The van der Waals surface area contributed by atoms with Gasteiger partial charge in [0.1, 0.15) is 0 Å². The van der Waals surface area contributed by atoms with Crippen molar-refractivity contribution in [3.8, 4) is 0 Å². The zero-order chi connectivity index (χ0) is 15.4. The van der Waals surface area contributed by atoms with Gasteiger partial charge in [0, 0.05) is 49.0 Å². The van der Waals surface area contributed by atoms with Crippen LogP contribution in [0.15, 0.2) is 11.6 Å². The first-order valence-electron chi connectivity index (χ1n) is 8.07. The van der Waals surface area contributed by atoms with Crippen LogP contribution in [0.2, 0.25) is 0 Å². The van der Waals surface area contributed by atoms with Gasteiger partial charge in [0.15, 0.2) is 5.13 Å². The molecule has 1 aromatic rings. The number of piperazine rings is 1. The van der Waals surface area contributed by atoms with Crippen LogP contribution in [0.4, 0.5) is 9.93 Å². The first-order valence-corrected chi connectivity index (χ1v) is 10.0. The van der Waals surface area contributed by atoms with Gasteiger partial charge in [-0.25, -0.2) is 9.78 Å². The Kier molecular flexibility index (Phi) is 5.46. The van der Waals surface area contributed by atoms with E-state index in [1.54, 1.807) is 11.3 Å². The van der Waals surface area contributed by atoms with Crippen molar-refractivity contribution in [2.45, 2.75) is 37.5 Å². The molecular weight excluding hydrogens is 316 g/mol. The van der Waals surface area contributed by atoms with E-state index in [0.29, 0.717) is 6.04 Å². The van der Waals surface area contributed by atoms with Crippen LogP contribution in [0.1, 0.15) is 26.2 Å². The molecule has 0 radical (unpaired) electrons. The van der Waals surface area contributed by atoms with Crippen molar-refractivity contribution >= 4 is 34.3 Å². The van der Waals surface area contributed by atoms with Crippen molar-refractivity contribution < 1.29 is 4.79 Å². The fourth-order valence-corrected chi connectivity index (χ4v) is 5.04. The van der Waals surface area contributed by atoms with Crippen LogP contribution in [0.25, 0.3) is 0 Å². The summed E-state index contributed by atoms with van der Waals surface area (Å²) in [7, 11) is 0. The molecule has 1 saturated carbocycles. The number of nitrogens with one attached hydrogen (secondary N) is 1. The Morgan fingerprint density at radius 2 is 2.23 bits per heavy atom. The highest BCUT2D eigenvalue weighted by Gasteiger charge is 2.28. The summed E-state index contributed by atoms with van der Waals surface area (Å²) in [6, 6.07) is 0.486. The minimum Gasteiger partial charge on any atom is -0.345 e. The maximum atomic E-state index is 12.4. The van der Waals surface area contributed by atoms with E-state index < -0.39 is 0 Å². The number of carbonyl (C=O) groups is 1. The zero-order valence-corrected chi connectivity index (χ0v) is 14.7. The molecule has 2 unspecified atom stereocenters. The molecule has 1 aromatic heterocycles. The average molecular weight is 341 g/mol. The summed E-state index contributed by atoms with van der Waals surface area (Å²) in [6.45, 7) is 5.52. The highest BCUT2D eigenvalue weighted by molar-refractivity contribution is 7.99. The third-order valence-electron chi connectivity index (χ3n) is 4.37. The van der Waals surface area contributed by atoms with Gasteiger partial charge in [0.05, 0.1) is 0 Å². The number of thioether (sulfide) groups is 1. The van der Waals surface area contributed by atoms with Gasteiger partial charge >= 0.3 is 6.03 Å². The standard InChI is InChI=1S/C15H24N4OS2/c1-2-21-13-4-3-12(11-13)17-14(20)18-6-8-19(9-7-18)15-16-5-10-22-15/h5,10,12-13H,2-4,6-9,11H2,1H3,(H,17,20). The second-order valence-electron chi connectivity index (χ2n) is 5.83. The molecule has 122 valence electrons. The number of rotatable bonds is 4. The highest BCUT2D eigenvalue weighted by Crippen LogP contribution is 2.29. The molecule has 2 heterocycles. The Balaban J connectivity index is 1.42. The summed E-state index contributed by atoms with van der Waals surface area (Å²) in [6.07, 6.45) is 5.33. The number of hydrogen-bond donors (Lipinski definition) is 1. The fraction of sp³-hybridized carbons (Fsp3) is 0.733. The van der Waals surface area contributed by atoms with E-state index in [-0.39, 0.29) is 6.03 Å². The Labute approximate surface area is 140 Å². The van der Waals surface area contributed by atoms with Crippen LogP contribution in [0, 0.1) is 0 Å². The molecule has 2 amide bonds. The predicted molar refractivity (Wildman–Crippen MR) is 94.0 cm³/mol. The maximum Gasteiger partial charge on any atom is 0.317 e. The lowest BCUT2D eigenvalue weighted by Gasteiger charge is -2.35. The molecule has 3 rings (SSSR count). The predicted octanol–water partition coefficient (Wildman–Crippen LogP) is 2.65. The number of urea groups is 1. The molecule has 2 aliphatic rings. The number of aromatic nitrogens is 1. The summed E-state index contributed by atoms with van der Waals surface area (Å²) in [5.74, 6) is 1.17. The van der Waals surface area contributed by atoms with E-state index in [4.69, 9.17) is 0 Å². The molecule has 1 aliphatic heterocycles. The van der Waals surface area contributed by atoms with Gasteiger partial charge in [-0.05, 0) is 25.0 Å². The van der Waals surface area contributed by atoms with Gasteiger partial charge in [-0.1, -0.05) is 6.92 Å². The molecule has 1 aliphatic carbocycles. The van der Waals surface area contributed by atoms with E-state index in [9.17, 15) is 4.79 Å². The lowest BCUT2D eigenvalue weighted by atomic mass is 10.2. The molecule has 5 nitrogen and oxygen atoms in total. The number of anilines is 1. The smallest absolute Gasteiger partial charge is 0.317 e. The number of nitrogens with zero attached hydrogens (tertiary/aromatic N) is 3. The minimum atomic E-state index is 0.117. The third-order valence-corrected chi connectivity index (χ3v) is 6.44. The van der Waals surface area contributed by atoms with Gasteiger partial charge in [0.2, 0.25) is 0 Å². The Hall–Kier alpha value is -0.950. The second kappa shape index (κ2) is 7.55. The summed E-state index contributed by atoms with van der Waals surface area (Å²) < 4.78 is 0. The quantitative estimate of drug-likeness (QED) is 0.915. The lowest BCUT2D eigenvalue weighted by molar-refractivity contribution is 0.190. The maximum absolute atomic E-state index is 12.4.